The number of ether oxygens (including phenoxy) is 2. The van der Waals surface area contributed by atoms with Gasteiger partial charge in [-0.15, -0.1) is 0 Å². The van der Waals surface area contributed by atoms with E-state index in [-0.39, 0.29) is 0 Å². The first-order valence-electron chi connectivity index (χ1n) is 22.2. The second-order valence-corrected chi connectivity index (χ2v) is 18.1. The summed E-state index contributed by atoms with van der Waals surface area (Å²) in [4.78, 5) is 35.3. The maximum absolute atomic E-state index is 5.52. The lowest BCUT2D eigenvalue weighted by Gasteiger charge is -2.26. The number of hydrogen-bond donors (Lipinski definition) is 6. The number of rotatable bonds is 18. The van der Waals surface area contributed by atoms with E-state index >= 15 is 0 Å². The van der Waals surface area contributed by atoms with Gasteiger partial charge in [0.15, 0.2) is 15.4 Å². The van der Waals surface area contributed by atoms with Crippen LogP contribution in [0.25, 0.3) is 33.8 Å². The molecule has 10 heterocycles. The minimum absolute atomic E-state index is 0.540. The van der Waals surface area contributed by atoms with Crippen molar-refractivity contribution in [1.82, 2.24) is 70.3 Å². The summed E-state index contributed by atoms with van der Waals surface area (Å²) in [6, 6.07) is 17.3. The molecule has 68 heavy (non-hydrogen) atoms. The van der Waals surface area contributed by atoms with Gasteiger partial charge in [0.2, 0.25) is 0 Å². The molecule has 0 unspecified atom stereocenters. The highest BCUT2D eigenvalue weighted by Crippen LogP contribution is 2.35. The molecule has 22 heteroatoms. The van der Waals surface area contributed by atoms with Gasteiger partial charge in [0.05, 0.1) is 60.4 Å². The third-order valence-corrected chi connectivity index (χ3v) is 13.1. The maximum Gasteiger partial charge on any atom is 0.189 e. The van der Waals surface area contributed by atoms with Crippen molar-refractivity contribution in [3.63, 3.8) is 0 Å². The van der Waals surface area contributed by atoms with Gasteiger partial charge in [0, 0.05) is 96.4 Å². The molecule has 352 valence electrons. The number of thiazole rings is 3. The fraction of sp³-hybridized carbons (Fsp3) is 0.283. The van der Waals surface area contributed by atoms with Gasteiger partial charge >= 0.3 is 0 Å². The van der Waals surface area contributed by atoms with E-state index in [2.05, 4.69) is 90.1 Å². The Kier molecular flexibility index (Phi) is 17.4. The predicted octanol–water partition coefficient (Wildman–Crippen LogP) is 9.23. The van der Waals surface area contributed by atoms with Crippen molar-refractivity contribution < 1.29 is 9.47 Å². The number of nitrogens with zero attached hydrogens (tertiary/aromatic N) is 11. The number of morpholine rings is 1. The van der Waals surface area contributed by atoms with Crippen molar-refractivity contribution in [3.8, 4) is 33.8 Å². The van der Waals surface area contributed by atoms with Crippen molar-refractivity contribution in [1.29, 1.82) is 0 Å². The molecule has 19 nitrogen and oxygen atoms in total. The molecule has 0 aromatic carbocycles. The van der Waals surface area contributed by atoms with E-state index < -0.39 is 0 Å². The number of anilines is 6. The predicted molar refractivity (Wildman–Crippen MR) is 270 cm³/mol. The molecule has 6 N–H and O–H groups in total. The Morgan fingerprint density at radius 3 is 1.46 bits per heavy atom. The van der Waals surface area contributed by atoms with E-state index in [1.807, 2.05) is 92.5 Å². The molecule has 1 aliphatic rings. The van der Waals surface area contributed by atoms with Gasteiger partial charge in [0.1, 0.15) is 17.5 Å². The number of pyridine rings is 3. The summed E-state index contributed by atoms with van der Waals surface area (Å²) in [5.74, 6) is 2.37. The van der Waals surface area contributed by atoms with Crippen LogP contribution in [0.4, 0.5) is 32.8 Å². The molecular weight excluding hydrogens is 919 g/mol. The van der Waals surface area contributed by atoms with Crippen molar-refractivity contribution in [3.05, 3.63) is 125 Å². The molecule has 0 bridgehead atoms. The van der Waals surface area contributed by atoms with Gasteiger partial charge in [-0.2, -0.15) is 15.3 Å². The van der Waals surface area contributed by atoms with Crippen LogP contribution < -0.4 is 16.0 Å². The summed E-state index contributed by atoms with van der Waals surface area (Å²) in [5, 5.41) is 32.9. The fourth-order valence-electron chi connectivity index (χ4n) is 6.79. The highest BCUT2D eigenvalue weighted by atomic mass is 32.1. The topological polar surface area (TPSA) is 224 Å². The number of aromatic amines is 3. The summed E-state index contributed by atoms with van der Waals surface area (Å²) in [6.45, 7) is 14.8. The van der Waals surface area contributed by atoms with Crippen LogP contribution in [0.1, 0.15) is 35.4 Å². The molecule has 0 spiro atoms. The zero-order valence-electron chi connectivity index (χ0n) is 37.9. The zero-order chi connectivity index (χ0) is 46.8. The second-order valence-electron chi connectivity index (χ2n) is 14.8. The number of aromatic nitrogens is 12. The van der Waals surface area contributed by atoms with Crippen LogP contribution in [0.15, 0.2) is 110 Å². The summed E-state index contributed by atoms with van der Waals surface area (Å²) in [6.07, 6.45) is 16.2. The Balaban J connectivity index is 0.000000138. The Morgan fingerprint density at radius 2 is 1.04 bits per heavy atom. The second kappa shape index (κ2) is 24.8. The van der Waals surface area contributed by atoms with E-state index in [4.69, 9.17) is 19.4 Å². The molecule has 1 fully saturated rings. The van der Waals surface area contributed by atoms with Crippen molar-refractivity contribution in [2.45, 2.75) is 40.5 Å². The molecule has 9 aromatic heterocycles. The largest absolute Gasteiger partial charge is 0.379 e. The molecule has 0 amide bonds. The van der Waals surface area contributed by atoms with Crippen LogP contribution in [0.3, 0.4) is 0 Å². The molecular formula is C46H53N17O2S3. The van der Waals surface area contributed by atoms with Gasteiger partial charge in [-0.1, -0.05) is 66.1 Å². The normalized spacial score (nSPS) is 12.5. The average molecular weight is 972 g/mol. The molecule has 10 rings (SSSR count). The molecule has 1 aliphatic heterocycles. The Labute approximate surface area is 405 Å². The average Bonchev–Trinajstić information content (AvgIpc) is 4.25. The minimum atomic E-state index is 0.540. The lowest BCUT2D eigenvalue weighted by Crippen LogP contribution is -2.35. The summed E-state index contributed by atoms with van der Waals surface area (Å²) in [7, 11) is 0. The quantitative estimate of drug-likeness (QED) is 0.0471. The standard InChI is InChI=1S/C16H18N6OS.C16H20N6S.C14H15N5OS/c1-2-4-17-14(3-1)20-16-21-15(12-9-18-19-10-12)13(24-16)11-22-5-7-23-8-6-22;1-3-22(4-2)11-13-15(12-9-18-19-10-12)21-16(23-13)20-14-7-5-6-8-17-14;1-2-20-9-11-13(10-7-16-17-8-10)19-14(21-11)18-12-5-3-4-6-15-12/h1-4,9-10H,5-8,11H2,(H,18,19)(H,17,20,21);5-10H,3-4,11H2,1-2H3,(H,18,19)(H,17,20,21);3-8H,2,9H2,1H3,(H,16,17)(H,15,18,19). The Morgan fingerprint density at radius 1 is 0.603 bits per heavy atom. The third kappa shape index (κ3) is 13.4. The zero-order valence-corrected chi connectivity index (χ0v) is 40.4. The van der Waals surface area contributed by atoms with Crippen molar-refractivity contribution in [2.24, 2.45) is 0 Å². The van der Waals surface area contributed by atoms with Crippen molar-refractivity contribution in [2.75, 3.05) is 62.0 Å². The van der Waals surface area contributed by atoms with Gasteiger partial charge in [0.25, 0.3) is 0 Å². The molecule has 0 atom stereocenters. The highest BCUT2D eigenvalue weighted by Gasteiger charge is 2.20. The molecule has 0 aliphatic carbocycles. The Hall–Kier alpha value is -6.79. The van der Waals surface area contributed by atoms with Crippen LogP contribution in [0.5, 0.6) is 0 Å². The first-order chi connectivity index (χ1) is 33.5. The smallest absolute Gasteiger partial charge is 0.189 e. The van der Waals surface area contributed by atoms with E-state index in [1.54, 1.807) is 58.8 Å². The van der Waals surface area contributed by atoms with E-state index in [1.165, 1.54) is 9.75 Å². The number of hydrogen-bond acceptors (Lipinski definition) is 19. The number of H-pyrrole nitrogens is 3. The SMILES string of the molecule is CCN(CC)Cc1sc(Nc2ccccn2)nc1-c1cn[nH]c1.CCOCc1sc(Nc2ccccn2)nc1-c1cn[nH]c1.c1ccc(Nc2nc(-c3cn[nH]c3)c(CN3CCOCC3)s2)nc1. The molecule has 1 saturated heterocycles. The lowest BCUT2D eigenvalue weighted by atomic mass is 10.2. The van der Waals surface area contributed by atoms with Crippen LogP contribution in [-0.4, -0.2) is 116 Å². The first kappa shape index (κ1) is 47.7. The first-order valence-corrected chi connectivity index (χ1v) is 24.6. The van der Waals surface area contributed by atoms with Gasteiger partial charge < -0.3 is 25.4 Å². The maximum atomic E-state index is 5.52. The van der Waals surface area contributed by atoms with Crippen LogP contribution in [-0.2, 0) is 29.2 Å². The van der Waals surface area contributed by atoms with Crippen LogP contribution in [0, 0.1) is 0 Å². The van der Waals surface area contributed by atoms with Crippen LogP contribution >= 0.6 is 34.0 Å². The fourth-order valence-corrected chi connectivity index (χ4v) is 9.79. The van der Waals surface area contributed by atoms with Crippen LogP contribution in [0.2, 0.25) is 0 Å². The van der Waals surface area contributed by atoms with E-state index in [0.717, 1.165) is 124 Å². The highest BCUT2D eigenvalue weighted by molar-refractivity contribution is 7.16. The molecule has 0 saturated carbocycles. The minimum Gasteiger partial charge on any atom is -0.379 e. The summed E-state index contributed by atoms with van der Waals surface area (Å²) in [5.41, 5.74) is 5.81. The third-order valence-electron chi connectivity index (χ3n) is 10.3. The molecule has 9 aromatic rings. The van der Waals surface area contributed by atoms with Gasteiger partial charge in [-0.25, -0.2) is 29.9 Å². The summed E-state index contributed by atoms with van der Waals surface area (Å²) >= 11 is 4.89. The Bertz CT molecular complexity index is 2780. The van der Waals surface area contributed by atoms with E-state index in [0.29, 0.717) is 13.2 Å². The van der Waals surface area contributed by atoms with Crippen molar-refractivity contribution >= 4 is 66.9 Å². The van der Waals surface area contributed by atoms with E-state index in [9.17, 15) is 0 Å². The summed E-state index contributed by atoms with van der Waals surface area (Å²) < 4.78 is 11.0. The lowest BCUT2D eigenvalue weighted by molar-refractivity contribution is 0.0347. The molecule has 0 radical (unpaired) electrons. The number of nitrogens with one attached hydrogen (secondary N) is 6. The van der Waals surface area contributed by atoms with Gasteiger partial charge in [-0.3, -0.25) is 25.1 Å². The van der Waals surface area contributed by atoms with Gasteiger partial charge in [-0.05, 0) is 56.4 Å². The monoisotopic (exact) mass is 971 g/mol.